The molecular weight excluding hydrogens is 236 g/mol. The first-order chi connectivity index (χ1) is 9.25. The van der Waals surface area contributed by atoms with Crippen molar-refractivity contribution in [2.24, 2.45) is 11.8 Å². The third-order valence-corrected chi connectivity index (χ3v) is 4.32. The summed E-state index contributed by atoms with van der Waals surface area (Å²) in [6.45, 7) is 11.2. The average molecular weight is 268 g/mol. The molecular formula is C16H32N2O. The number of rotatable bonds is 9. The molecule has 1 saturated heterocycles. The molecule has 1 aliphatic carbocycles. The molecule has 1 heterocycles. The monoisotopic (exact) mass is 268 g/mol. The Morgan fingerprint density at radius 2 is 2.05 bits per heavy atom. The maximum absolute atomic E-state index is 5.78. The van der Waals surface area contributed by atoms with Gasteiger partial charge < -0.3 is 10.1 Å². The highest BCUT2D eigenvalue weighted by atomic mass is 16.5. The van der Waals surface area contributed by atoms with E-state index in [1.807, 2.05) is 0 Å². The molecule has 1 saturated carbocycles. The molecule has 112 valence electrons. The summed E-state index contributed by atoms with van der Waals surface area (Å²) in [4.78, 5) is 2.69. The fraction of sp³-hybridized carbons (Fsp3) is 1.00. The maximum Gasteiger partial charge on any atom is 0.0593 e. The maximum atomic E-state index is 5.78. The minimum Gasteiger partial charge on any atom is -0.380 e. The first kappa shape index (κ1) is 15.3. The summed E-state index contributed by atoms with van der Waals surface area (Å²) >= 11 is 0. The minimum absolute atomic E-state index is 0.757. The normalized spacial score (nSPS) is 24.3. The first-order valence-corrected chi connectivity index (χ1v) is 8.28. The van der Waals surface area contributed by atoms with Crippen LogP contribution in [0.2, 0.25) is 0 Å². The Hall–Kier alpha value is -0.120. The van der Waals surface area contributed by atoms with Crippen LogP contribution in [0.4, 0.5) is 0 Å². The van der Waals surface area contributed by atoms with Gasteiger partial charge in [-0.05, 0) is 57.0 Å². The highest BCUT2D eigenvalue weighted by molar-refractivity contribution is 4.86. The number of hydrogen-bond donors (Lipinski definition) is 1. The van der Waals surface area contributed by atoms with E-state index >= 15 is 0 Å². The third-order valence-electron chi connectivity index (χ3n) is 4.32. The van der Waals surface area contributed by atoms with Crippen LogP contribution in [0.3, 0.4) is 0 Å². The molecule has 0 amide bonds. The molecule has 0 bridgehead atoms. The lowest BCUT2D eigenvalue weighted by molar-refractivity contribution is 0.0856. The van der Waals surface area contributed by atoms with Crippen LogP contribution in [0, 0.1) is 11.8 Å². The van der Waals surface area contributed by atoms with Gasteiger partial charge in [0.05, 0.1) is 6.61 Å². The second-order valence-electron chi connectivity index (χ2n) is 6.73. The number of piperidine rings is 1. The fourth-order valence-corrected chi connectivity index (χ4v) is 2.88. The first-order valence-electron chi connectivity index (χ1n) is 8.28. The Balaban J connectivity index is 1.59. The van der Waals surface area contributed by atoms with Crippen molar-refractivity contribution in [1.82, 2.24) is 10.2 Å². The van der Waals surface area contributed by atoms with Crippen molar-refractivity contribution in [2.45, 2.75) is 52.0 Å². The second-order valence-corrected chi connectivity index (χ2v) is 6.73. The zero-order chi connectivity index (χ0) is 13.5. The van der Waals surface area contributed by atoms with Crippen molar-refractivity contribution >= 4 is 0 Å². The molecule has 0 spiro atoms. The van der Waals surface area contributed by atoms with E-state index in [0.717, 1.165) is 37.6 Å². The van der Waals surface area contributed by atoms with E-state index in [9.17, 15) is 0 Å². The molecule has 2 fully saturated rings. The molecule has 0 aromatic rings. The van der Waals surface area contributed by atoms with Gasteiger partial charge in [0.15, 0.2) is 0 Å². The average Bonchev–Trinajstić information content (AvgIpc) is 3.22. The highest BCUT2D eigenvalue weighted by Gasteiger charge is 2.30. The molecule has 1 aliphatic heterocycles. The van der Waals surface area contributed by atoms with Crippen LogP contribution in [0.5, 0.6) is 0 Å². The smallest absolute Gasteiger partial charge is 0.0593 e. The predicted octanol–water partition coefficient (Wildman–Crippen LogP) is 2.51. The van der Waals surface area contributed by atoms with Crippen molar-refractivity contribution in [3.05, 3.63) is 0 Å². The summed E-state index contributed by atoms with van der Waals surface area (Å²) in [5.74, 6) is 1.62. The van der Waals surface area contributed by atoms with Crippen LogP contribution < -0.4 is 5.32 Å². The van der Waals surface area contributed by atoms with Crippen LogP contribution in [-0.4, -0.2) is 50.3 Å². The van der Waals surface area contributed by atoms with Crippen molar-refractivity contribution in [3.8, 4) is 0 Å². The van der Waals surface area contributed by atoms with Crippen LogP contribution >= 0.6 is 0 Å². The van der Waals surface area contributed by atoms with Gasteiger partial charge in [-0.25, -0.2) is 0 Å². The topological polar surface area (TPSA) is 24.5 Å². The van der Waals surface area contributed by atoms with Gasteiger partial charge in [-0.15, -0.1) is 0 Å². The second kappa shape index (κ2) is 8.23. The van der Waals surface area contributed by atoms with Gasteiger partial charge in [-0.1, -0.05) is 13.8 Å². The summed E-state index contributed by atoms with van der Waals surface area (Å²) in [7, 11) is 0. The van der Waals surface area contributed by atoms with E-state index in [2.05, 4.69) is 24.1 Å². The lowest BCUT2D eigenvalue weighted by atomic mass is 9.99. The van der Waals surface area contributed by atoms with Crippen LogP contribution in [0.1, 0.15) is 46.0 Å². The number of nitrogens with one attached hydrogen (secondary N) is 1. The van der Waals surface area contributed by atoms with Gasteiger partial charge in [0, 0.05) is 25.7 Å². The molecule has 1 unspecified atom stereocenters. The summed E-state index contributed by atoms with van der Waals surface area (Å²) in [6, 6.07) is 0.871. The lowest BCUT2D eigenvalue weighted by Gasteiger charge is -2.30. The molecule has 0 aromatic carbocycles. The molecule has 1 N–H and O–H groups in total. The van der Waals surface area contributed by atoms with Gasteiger partial charge in [0.2, 0.25) is 0 Å². The van der Waals surface area contributed by atoms with Crippen LogP contribution in [0.15, 0.2) is 0 Å². The predicted molar refractivity (Wildman–Crippen MR) is 80.5 cm³/mol. The summed E-state index contributed by atoms with van der Waals surface area (Å²) in [6.07, 6.45) is 6.77. The van der Waals surface area contributed by atoms with E-state index in [1.165, 1.54) is 51.7 Å². The van der Waals surface area contributed by atoms with Crippen molar-refractivity contribution in [2.75, 3.05) is 39.4 Å². The fourth-order valence-electron chi connectivity index (χ4n) is 2.88. The summed E-state index contributed by atoms with van der Waals surface area (Å²) < 4.78 is 5.78. The van der Waals surface area contributed by atoms with Gasteiger partial charge in [0.1, 0.15) is 0 Å². The summed E-state index contributed by atoms with van der Waals surface area (Å²) in [5.41, 5.74) is 0. The van der Waals surface area contributed by atoms with Gasteiger partial charge in [-0.2, -0.15) is 0 Å². The Kier molecular flexibility index (Phi) is 6.62. The van der Waals surface area contributed by atoms with Crippen molar-refractivity contribution in [1.29, 1.82) is 0 Å². The van der Waals surface area contributed by atoms with Crippen molar-refractivity contribution < 1.29 is 4.74 Å². The molecule has 2 aliphatic rings. The van der Waals surface area contributed by atoms with Crippen LogP contribution in [-0.2, 0) is 4.74 Å². The number of nitrogens with zero attached hydrogens (tertiary/aromatic N) is 1. The van der Waals surface area contributed by atoms with E-state index in [4.69, 9.17) is 4.74 Å². The molecule has 0 aromatic heterocycles. The van der Waals surface area contributed by atoms with E-state index in [0.29, 0.717) is 0 Å². The molecule has 0 radical (unpaired) electrons. The SMILES string of the molecule is CC(C)CCOCCN(CC1CCCNC1)C1CC1. The van der Waals surface area contributed by atoms with Crippen LogP contribution in [0.25, 0.3) is 0 Å². The zero-order valence-electron chi connectivity index (χ0n) is 12.9. The quantitative estimate of drug-likeness (QED) is 0.650. The summed E-state index contributed by atoms with van der Waals surface area (Å²) in [5, 5.41) is 3.53. The van der Waals surface area contributed by atoms with E-state index in [-0.39, 0.29) is 0 Å². The van der Waals surface area contributed by atoms with Gasteiger partial charge in [0.25, 0.3) is 0 Å². The Morgan fingerprint density at radius 1 is 1.21 bits per heavy atom. The minimum atomic E-state index is 0.757. The molecule has 2 rings (SSSR count). The zero-order valence-corrected chi connectivity index (χ0v) is 12.9. The number of ether oxygens (including phenoxy) is 1. The molecule has 3 nitrogen and oxygen atoms in total. The molecule has 19 heavy (non-hydrogen) atoms. The van der Waals surface area contributed by atoms with Crippen molar-refractivity contribution in [3.63, 3.8) is 0 Å². The third kappa shape index (κ3) is 6.24. The van der Waals surface area contributed by atoms with Gasteiger partial charge >= 0.3 is 0 Å². The standard InChI is InChI=1S/C16H32N2O/c1-14(2)7-10-19-11-9-18(16-5-6-16)13-15-4-3-8-17-12-15/h14-17H,3-13H2,1-2H3. The molecule has 1 atom stereocenters. The Bertz CT molecular complexity index is 235. The van der Waals surface area contributed by atoms with E-state index < -0.39 is 0 Å². The van der Waals surface area contributed by atoms with E-state index in [1.54, 1.807) is 0 Å². The van der Waals surface area contributed by atoms with Gasteiger partial charge in [-0.3, -0.25) is 4.90 Å². The lowest BCUT2D eigenvalue weighted by Crippen LogP contribution is -2.40. The Labute approximate surface area is 119 Å². The number of hydrogen-bond acceptors (Lipinski definition) is 3. The highest BCUT2D eigenvalue weighted by Crippen LogP contribution is 2.28. The molecule has 3 heteroatoms. The Morgan fingerprint density at radius 3 is 2.68 bits per heavy atom. The largest absolute Gasteiger partial charge is 0.380 e.